The zero-order valence-electron chi connectivity index (χ0n) is 27.4. The maximum absolute atomic E-state index is 11.5. The Morgan fingerprint density at radius 3 is 1.94 bits per heavy atom. The molecule has 0 spiro atoms. The van der Waals surface area contributed by atoms with E-state index in [9.17, 15) is 25.9 Å². The summed E-state index contributed by atoms with van der Waals surface area (Å²) in [6.07, 6.45) is 8.10. The van der Waals surface area contributed by atoms with Crippen LogP contribution in [-0.4, -0.2) is 49.3 Å². The van der Waals surface area contributed by atoms with Gasteiger partial charge in [-0.25, -0.2) is 21.4 Å². The van der Waals surface area contributed by atoms with Crippen molar-refractivity contribution in [1.29, 1.82) is 0 Å². The average Bonchev–Trinajstić information content (AvgIpc) is 3.07. The predicted octanol–water partition coefficient (Wildman–Crippen LogP) is 3.78. The van der Waals surface area contributed by atoms with Crippen LogP contribution in [0.5, 0.6) is 0 Å². The van der Waals surface area contributed by atoms with Crippen LogP contribution in [0.4, 0.5) is 5.69 Å². The standard InChI is InChI=1S/C37H35ClN2O6S2.Na/c1-3-39(25-27-12-22-33(23-13-27)47(41,42)43)31-18-14-29(15-19-31)37(35-10-5-6-11-36(35)38)30-16-20-32(21-17-30)40(4-2)26-28-8-7-9-34(24-28)48(44,45)46;/h5-24H,3-4,25-26H2,1-2H3,(H-,41,42,43,44,45,46);/q;+1/p-1. The Balaban J connectivity index is 0.00000541. The summed E-state index contributed by atoms with van der Waals surface area (Å²) in [5.74, 6) is 0. The van der Waals surface area contributed by atoms with Gasteiger partial charge in [0, 0.05) is 47.1 Å². The van der Waals surface area contributed by atoms with E-state index in [1.807, 2.05) is 86.7 Å². The number of allylic oxidation sites excluding steroid dienone is 5. The van der Waals surface area contributed by atoms with E-state index in [4.69, 9.17) is 11.6 Å². The van der Waals surface area contributed by atoms with Gasteiger partial charge in [0.2, 0.25) is 0 Å². The van der Waals surface area contributed by atoms with E-state index < -0.39 is 20.2 Å². The Morgan fingerprint density at radius 1 is 0.735 bits per heavy atom. The number of hydrogen-bond acceptors (Lipinski definition) is 7. The van der Waals surface area contributed by atoms with Gasteiger partial charge in [-0.3, -0.25) is 0 Å². The fourth-order valence-electron chi connectivity index (χ4n) is 5.59. The molecular weight excluding hydrogens is 691 g/mol. The van der Waals surface area contributed by atoms with E-state index in [-0.39, 0.29) is 39.3 Å². The summed E-state index contributed by atoms with van der Waals surface area (Å²) in [7, 11) is -9.05. The largest absolute Gasteiger partial charge is 1.00 e. The van der Waals surface area contributed by atoms with Crippen LogP contribution in [0.3, 0.4) is 0 Å². The van der Waals surface area contributed by atoms with E-state index in [0.717, 1.165) is 44.8 Å². The summed E-state index contributed by atoms with van der Waals surface area (Å²) in [6.45, 7) is 6.37. The molecule has 12 heteroatoms. The van der Waals surface area contributed by atoms with Gasteiger partial charge < -0.3 is 14.0 Å². The Labute approximate surface area is 315 Å². The molecule has 4 aromatic rings. The fraction of sp³-hybridized carbons (Fsp3) is 0.162. The first kappa shape index (κ1) is 38.5. The van der Waals surface area contributed by atoms with E-state index in [0.29, 0.717) is 31.2 Å². The third kappa shape index (κ3) is 9.68. The zero-order valence-corrected chi connectivity index (χ0v) is 31.8. The summed E-state index contributed by atoms with van der Waals surface area (Å²) in [5, 5.41) is 0.614. The van der Waals surface area contributed by atoms with Crippen molar-refractivity contribution in [2.24, 2.45) is 0 Å². The van der Waals surface area contributed by atoms with Crippen LogP contribution in [0.1, 0.15) is 36.1 Å². The van der Waals surface area contributed by atoms with Crippen molar-refractivity contribution in [2.45, 2.75) is 36.7 Å². The Morgan fingerprint density at radius 2 is 1.37 bits per heavy atom. The molecule has 0 radical (unpaired) electrons. The van der Waals surface area contributed by atoms with Crippen LogP contribution in [0.15, 0.2) is 137 Å². The van der Waals surface area contributed by atoms with Gasteiger partial charge in [0.05, 0.1) is 9.79 Å². The molecule has 5 rings (SSSR count). The third-order valence-corrected chi connectivity index (χ3v) is 10.1. The van der Waals surface area contributed by atoms with Crippen molar-refractivity contribution in [3.8, 4) is 0 Å². The summed E-state index contributed by atoms with van der Waals surface area (Å²) in [4.78, 5) is 1.65. The second-order valence-electron chi connectivity index (χ2n) is 11.2. The van der Waals surface area contributed by atoms with E-state index in [2.05, 4.69) is 9.48 Å². The molecule has 4 aromatic carbocycles. The monoisotopic (exact) mass is 724 g/mol. The Bertz CT molecular complexity index is 2140. The first-order chi connectivity index (χ1) is 22.9. The molecule has 0 atom stereocenters. The maximum Gasteiger partial charge on any atom is 1.00 e. The molecule has 0 aromatic heterocycles. The van der Waals surface area contributed by atoms with Gasteiger partial charge in [-0.2, -0.15) is 0 Å². The molecule has 0 fully saturated rings. The quantitative estimate of drug-likeness (QED) is 0.131. The number of anilines is 1. The summed E-state index contributed by atoms with van der Waals surface area (Å²) in [5.41, 5.74) is 7.25. The minimum Gasteiger partial charge on any atom is -0.744 e. The first-order valence-electron chi connectivity index (χ1n) is 15.3. The molecule has 1 aliphatic carbocycles. The molecule has 0 unspecified atom stereocenters. The van der Waals surface area contributed by atoms with Gasteiger partial charge in [0.1, 0.15) is 26.8 Å². The molecule has 0 saturated carbocycles. The van der Waals surface area contributed by atoms with Crippen molar-refractivity contribution in [2.75, 3.05) is 18.0 Å². The van der Waals surface area contributed by atoms with Gasteiger partial charge in [-0.15, -0.1) is 0 Å². The number of hydrogen-bond donors (Lipinski definition) is 0. The maximum atomic E-state index is 11.5. The summed E-state index contributed by atoms with van der Waals surface area (Å²) in [6, 6.07) is 27.9. The number of rotatable bonds is 11. The van der Waals surface area contributed by atoms with Gasteiger partial charge in [0.15, 0.2) is 12.3 Å². The molecule has 0 heterocycles. The van der Waals surface area contributed by atoms with Crippen molar-refractivity contribution in [1.82, 2.24) is 0 Å². The van der Waals surface area contributed by atoms with Crippen molar-refractivity contribution in [3.05, 3.63) is 154 Å². The molecule has 248 valence electrons. The van der Waals surface area contributed by atoms with Gasteiger partial charge >= 0.3 is 29.6 Å². The zero-order chi connectivity index (χ0) is 34.5. The molecule has 49 heavy (non-hydrogen) atoms. The van der Waals surface area contributed by atoms with Crippen LogP contribution >= 0.6 is 11.6 Å². The van der Waals surface area contributed by atoms with Crippen LogP contribution in [0.25, 0.3) is 5.57 Å². The summed E-state index contributed by atoms with van der Waals surface area (Å²) < 4.78 is 70.7. The second kappa shape index (κ2) is 16.6. The van der Waals surface area contributed by atoms with Crippen LogP contribution in [0, 0.1) is 0 Å². The Kier molecular flexibility index (Phi) is 13.0. The average molecular weight is 725 g/mol. The van der Waals surface area contributed by atoms with Crippen molar-refractivity contribution >= 4 is 48.8 Å². The topological polar surface area (TPSA) is 121 Å². The van der Waals surface area contributed by atoms with Crippen LogP contribution in [-0.2, 0) is 33.3 Å². The molecule has 0 saturated heterocycles. The minimum absolute atomic E-state index is 0. The summed E-state index contributed by atoms with van der Waals surface area (Å²) >= 11 is 6.73. The van der Waals surface area contributed by atoms with Gasteiger partial charge in [-0.05, 0) is 90.7 Å². The number of halogens is 1. The van der Waals surface area contributed by atoms with Crippen molar-refractivity contribution < 1.29 is 60.1 Å². The smallest absolute Gasteiger partial charge is 0.744 e. The SMILES string of the molecule is CCN(Cc1ccc(S(=O)(=O)[O-])cc1)c1ccc(C(=C2C=CC(=[N+](CC)Cc3cccc(S(=O)(=O)[O-])c3)C=C2)c2ccccc2Cl)cc1.[Na+]. The second-order valence-corrected chi connectivity index (χ2v) is 14.3. The number of nitrogens with zero attached hydrogens (tertiary/aromatic N) is 2. The van der Waals surface area contributed by atoms with Gasteiger partial charge in [0.25, 0.3) is 0 Å². The molecule has 0 bridgehead atoms. The van der Waals surface area contributed by atoms with Crippen LogP contribution in [0.2, 0.25) is 5.02 Å². The van der Waals surface area contributed by atoms with Crippen molar-refractivity contribution in [3.63, 3.8) is 0 Å². The number of benzene rings is 4. The molecular formula is C37H34ClN2NaO6S2. The third-order valence-electron chi connectivity index (χ3n) is 8.09. The van der Waals surface area contributed by atoms with Crippen LogP contribution < -0.4 is 34.5 Å². The fourth-order valence-corrected chi connectivity index (χ4v) is 6.83. The molecule has 1 aliphatic rings. The normalized spacial score (nSPS) is 12.8. The molecule has 8 nitrogen and oxygen atoms in total. The van der Waals surface area contributed by atoms with Gasteiger partial charge in [-0.1, -0.05) is 66.2 Å². The minimum atomic E-state index is -4.55. The predicted molar refractivity (Wildman–Crippen MR) is 187 cm³/mol. The van der Waals surface area contributed by atoms with E-state index in [1.165, 1.54) is 24.3 Å². The van der Waals surface area contributed by atoms with E-state index in [1.54, 1.807) is 24.3 Å². The molecule has 0 N–H and O–H groups in total. The first-order valence-corrected chi connectivity index (χ1v) is 18.5. The molecule has 0 aliphatic heterocycles. The molecule has 0 amide bonds. The van der Waals surface area contributed by atoms with E-state index >= 15 is 0 Å². The Hall–Kier alpha value is -3.32.